The zero-order valence-corrected chi connectivity index (χ0v) is 12.5. The van der Waals surface area contributed by atoms with Gasteiger partial charge in [-0.2, -0.15) is 0 Å². The quantitative estimate of drug-likeness (QED) is 0.678. The number of halogens is 2. The monoisotopic (exact) mass is 330 g/mol. The number of hydrogen-bond acceptors (Lipinski definition) is 3. The van der Waals surface area contributed by atoms with Crippen molar-refractivity contribution in [1.29, 1.82) is 0 Å². The molecule has 0 aromatic carbocycles. The average Bonchev–Trinajstić information content (AvgIpc) is 2.53. The molecule has 2 aromatic rings. The molecule has 2 aromatic heterocycles. The van der Waals surface area contributed by atoms with E-state index < -0.39 is 11.7 Å². The Morgan fingerprint density at radius 3 is 2.78 bits per heavy atom. The molecule has 0 aliphatic carbocycles. The SMILES string of the molecule is CC(C)(C)OC(=O)n1cc(Br)c2cnc(Cl)cc21. The van der Waals surface area contributed by atoms with Crippen molar-refractivity contribution in [3.63, 3.8) is 0 Å². The van der Waals surface area contributed by atoms with Crippen LogP contribution >= 0.6 is 27.5 Å². The Bertz CT molecular complexity index is 616. The van der Waals surface area contributed by atoms with Gasteiger partial charge >= 0.3 is 6.09 Å². The summed E-state index contributed by atoms with van der Waals surface area (Å²) in [4.78, 5) is 16.0. The van der Waals surface area contributed by atoms with Gasteiger partial charge in [0.15, 0.2) is 0 Å². The summed E-state index contributed by atoms with van der Waals surface area (Å²) in [7, 11) is 0. The van der Waals surface area contributed by atoms with Gasteiger partial charge in [-0.15, -0.1) is 0 Å². The smallest absolute Gasteiger partial charge is 0.419 e. The minimum absolute atomic E-state index is 0.331. The predicted molar refractivity (Wildman–Crippen MR) is 74.1 cm³/mol. The molecule has 18 heavy (non-hydrogen) atoms. The van der Waals surface area contributed by atoms with E-state index in [0.29, 0.717) is 10.7 Å². The van der Waals surface area contributed by atoms with Crippen molar-refractivity contribution in [1.82, 2.24) is 9.55 Å². The van der Waals surface area contributed by atoms with E-state index in [9.17, 15) is 4.79 Å². The molecule has 2 rings (SSSR count). The molecular weight excluding hydrogens is 320 g/mol. The molecule has 0 bridgehead atoms. The maximum atomic E-state index is 12.1. The lowest BCUT2D eigenvalue weighted by Crippen LogP contribution is -2.26. The van der Waals surface area contributed by atoms with Crippen molar-refractivity contribution in [2.75, 3.05) is 0 Å². The van der Waals surface area contributed by atoms with Crippen molar-refractivity contribution in [2.24, 2.45) is 0 Å². The first kappa shape index (κ1) is 13.4. The zero-order valence-electron chi connectivity index (χ0n) is 10.2. The Kier molecular flexibility index (Phi) is 3.38. The zero-order chi connectivity index (χ0) is 13.5. The second-order valence-electron chi connectivity index (χ2n) is 4.85. The topological polar surface area (TPSA) is 44.1 Å². The Morgan fingerprint density at radius 2 is 2.17 bits per heavy atom. The number of ether oxygens (including phenoxy) is 1. The lowest BCUT2D eigenvalue weighted by Gasteiger charge is -2.19. The minimum Gasteiger partial charge on any atom is -0.443 e. The molecule has 96 valence electrons. The number of fused-ring (bicyclic) bond motifs is 1. The molecule has 2 heterocycles. The molecule has 0 amide bonds. The lowest BCUT2D eigenvalue weighted by molar-refractivity contribution is 0.0544. The van der Waals surface area contributed by atoms with Crippen molar-refractivity contribution in [3.8, 4) is 0 Å². The molecule has 0 radical (unpaired) electrons. The highest BCUT2D eigenvalue weighted by atomic mass is 79.9. The number of pyridine rings is 1. The van der Waals surface area contributed by atoms with Gasteiger partial charge in [-0.3, -0.25) is 4.57 Å². The van der Waals surface area contributed by atoms with E-state index in [2.05, 4.69) is 20.9 Å². The van der Waals surface area contributed by atoms with Gasteiger partial charge in [-0.1, -0.05) is 11.6 Å². The van der Waals surface area contributed by atoms with Crippen LogP contribution in [0.25, 0.3) is 10.9 Å². The Labute approximate surface area is 118 Å². The largest absolute Gasteiger partial charge is 0.443 e. The summed E-state index contributed by atoms with van der Waals surface area (Å²) in [5, 5.41) is 1.14. The Balaban J connectivity index is 2.51. The van der Waals surface area contributed by atoms with Gasteiger partial charge in [-0.25, -0.2) is 9.78 Å². The number of nitrogens with zero attached hydrogens (tertiary/aromatic N) is 2. The molecule has 0 aliphatic heterocycles. The predicted octanol–water partition coefficient (Wildman–Crippen LogP) is 4.24. The van der Waals surface area contributed by atoms with Crippen LogP contribution in [-0.2, 0) is 4.74 Å². The van der Waals surface area contributed by atoms with Crippen LogP contribution in [0.5, 0.6) is 0 Å². The third-order valence-electron chi connectivity index (χ3n) is 2.20. The van der Waals surface area contributed by atoms with Crippen molar-refractivity contribution >= 4 is 44.5 Å². The van der Waals surface area contributed by atoms with Crippen LogP contribution in [0.1, 0.15) is 20.8 Å². The number of carbonyl (C=O) groups is 1. The van der Waals surface area contributed by atoms with Crippen molar-refractivity contribution < 1.29 is 9.53 Å². The highest BCUT2D eigenvalue weighted by molar-refractivity contribution is 9.10. The second-order valence-corrected chi connectivity index (χ2v) is 6.09. The maximum Gasteiger partial charge on any atom is 0.419 e. The van der Waals surface area contributed by atoms with E-state index >= 15 is 0 Å². The molecule has 0 spiro atoms. The van der Waals surface area contributed by atoms with Crippen LogP contribution in [0.4, 0.5) is 4.79 Å². The molecule has 0 aliphatic rings. The van der Waals surface area contributed by atoms with E-state index in [-0.39, 0.29) is 0 Å². The molecule has 0 saturated heterocycles. The van der Waals surface area contributed by atoms with E-state index in [1.807, 2.05) is 20.8 Å². The summed E-state index contributed by atoms with van der Waals surface area (Å²) < 4.78 is 7.51. The van der Waals surface area contributed by atoms with Crippen LogP contribution in [-0.4, -0.2) is 21.2 Å². The van der Waals surface area contributed by atoms with Gasteiger partial charge in [-0.05, 0) is 36.7 Å². The molecule has 4 nitrogen and oxygen atoms in total. The third-order valence-corrected chi connectivity index (χ3v) is 3.04. The van der Waals surface area contributed by atoms with Gasteiger partial charge in [0.05, 0.1) is 5.52 Å². The summed E-state index contributed by atoms with van der Waals surface area (Å²) in [6.07, 6.45) is 2.82. The number of carbonyl (C=O) groups excluding carboxylic acids is 1. The van der Waals surface area contributed by atoms with Crippen LogP contribution in [0, 0.1) is 0 Å². The molecule has 0 saturated carbocycles. The van der Waals surface area contributed by atoms with Gasteiger partial charge in [0.2, 0.25) is 0 Å². The maximum absolute atomic E-state index is 12.1. The first-order chi connectivity index (χ1) is 8.28. The van der Waals surface area contributed by atoms with Gasteiger partial charge < -0.3 is 4.74 Å². The fourth-order valence-electron chi connectivity index (χ4n) is 1.52. The summed E-state index contributed by atoms with van der Waals surface area (Å²) in [6.45, 7) is 5.46. The summed E-state index contributed by atoms with van der Waals surface area (Å²) in [5.41, 5.74) is 0.118. The highest BCUT2D eigenvalue weighted by Crippen LogP contribution is 2.27. The standard InChI is InChI=1S/C12H12BrClN2O2/c1-12(2,3)18-11(17)16-6-8(13)7-5-15-10(14)4-9(7)16/h4-6H,1-3H3. The number of hydrogen-bond donors (Lipinski definition) is 0. The van der Waals surface area contributed by atoms with Crippen LogP contribution in [0.15, 0.2) is 22.9 Å². The highest BCUT2D eigenvalue weighted by Gasteiger charge is 2.20. The summed E-state index contributed by atoms with van der Waals surface area (Å²) in [5.74, 6) is 0. The summed E-state index contributed by atoms with van der Waals surface area (Å²) in [6, 6.07) is 1.63. The normalized spacial score (nSPS) is 11.8. The second kappa shape index (κ2) is 4.55. The van der Waals surface area contributed by atoms with Crippen LogP contribution in [0.2, 0.25) is 5.15 Å². The first-order valence-corrected chi connectivity index (χ1v) is 6.50. The number of rotatable bonds is 0. The average molecular weight is 332 g/mol. The van der Waals surface area contributed by atoms with E-state index in [0.717, 1.165) is 9.86 Å². The third kappa shape index (κ3) is 2.67. The molecular formula is C12H12BrClN2O2. The molecule has 6 heteroatoms. The lowest BCUT2D eigenvalue weighted by atomic mass is 10.2. The van der Waals surface area contributed by atoms with Gasteiger partial charge in [0.25, 0.3) is 0 Å². The molecule has 0 N–H and O–H groups in total. The Hall–Kier alpha value is -1.07. The molecule has 0 fully saturated rings. The van der Waals surface area contributed by atoms with Crippen molar-refractivity contribution in [3.05, 3.63) is 28.1 Å². The van der Waals surface area contributed by atoms with Gasteiger partial charge in [0, 0.05) is 28.3 Å². The molecule has 0 atom stereocenters. The first-order valence-electron chi connectivity index (χ1n) is 5.33. The van der Waals surface area contributed by atoms with Crippen molar-refractivity contribution in [2.45, 2.75) is 26.4 Å². The molecule has 0 unspecified atom stereocenters. The fourth-order valence-corrected chi connectivity index (χ4v) is 2.18. The van der Waals surface area contributed by atoms with E-state index in [1.54, 1.807) is 18.5 Å². The summed E-state index contributed by atoms with van der Waals surface area (Å²) >= 11 is 9.22. The van der Waals surface area contributed by atoms with Crippen LogP contribution < -0.4 is 0 Å². The fraction of sp³-hybridized carbons (Fsp3) is 0.333. The van der Waals surface area contributed by atoms with E-state index in [4.69, 9.17) is 16.3 Å². The van der Waals surface area contributed by atoms with E-state index in [1.165, 1.54) is 4.57 Å². The minimum atomic E-state index is -0.545. The Morgan fingerprint density at radius 1 is 1.50 bits per heavy atom. The van der Waals surface area contributed by atoms with Gasteiger partial charge in [0.1, 0.15) is 10.8 Å². The van der Waals surface area contributed by atoms with Crippen LogP contribution in [0.3, 0.4) is 0 Å². The number of aromatic nitrogens is 2.